The van der Waals surface area contributed by atoms with E-state index < -0.39 is 18.1 Å². The normalized spacial score (nSPS) is 13.0. The lowest BCUT2D eigenvalue weighted by molar-refractivity contribution is -0.887. The predicted octanol–water partition coefficient (Wildman–Crippen LogP) is 14.0. The fourth-order valence-electron chi connectivity index (χ4n) is 7.50. The second-order valence-corrected chi connectivity index (χ2v) is 18.1. The highest BCUT2D eigenvalue weighted by Crippen LogP contribution is 2.16. The third-order valence-electron chi connectivity index (χ3n) is 11.4. The number of carboxylic acid groups (broad SMARTS) is 1. The molecule has 0 spiro atoms. The van der Waals surface area contributed by atoms with Gasteiger partial charge in [-0.05, 0) is 38.5 Å². The van der Waals surface area contributed by atoms with Crippen LogP contribution in [0.4, 0.5) is 0 Å². The van der Waals surface area contributed by atoms with E-state index in [0.717, 1.165) is 38.5 Å². The fourth-order valence-corrected chi connectivity index (χ4v) is 7.50. The Balaban J connectivity index is 4.24. The SMILES string of the molecule is CCCCC/C=C/C=C/CCCCCCCCCCCCC(=O)OCC(COCCC(C(=O)O)[N+](C)(C)C)OC(=O)CCCCCCCCCCCCCCCCCC. The van der Waals surface area contributed by atoms with E-state index in [1.807, 2.05) is 21.1 Å². The van der Waals surface area contributed by atoms with Crippen LogP contribution in [0.25, 0.3) is 0 Å². The van der Waals surface area contributed by atoms with E-state index in [4.69, 9.17) is 14.2 Å². The molecule has 0 aromatic rings. The third kappa shape index (κ3) is 41.0. The molecule has 8 heteroatoms. The van der Waals surface area contributed by atoms with Crippen molar-refractivity contribution < 1.29 is 38.2 Å². The molecule has 2 unspecified atom stereocenters. The van der Waals surface area contributed by atoms with Crippen molar-refractivity contribution in [2.24, 2.45) is 0 Å². The van der Waals surface area contributed by atoms with Crippen LogP contribution in [-0.2, 0) is 28.6 Å². The molecular weight excluding hydrogens is 739 g/mol. The number of hydrogen-bond donors (Lipinski definition) is 1. The molecule has 2 atom stereocenters. The number of rotatable bonds is 45. The molecule has 0 aliphatic heterocycles. The van der Waals surface area contributed by atoms with Crippen molar-refractivity contribution in [1.29, 1.82) is 0 Å². The Morgan fingerprint density at radius 1 is 0.508 bits per heavy atom. The van der Waals surface area contributed by atoms with Crippen molar-refractivity contribution in [3.8, 4) is 0 Å². The van der Waals surface area contributed by atoms with Crippen LogP contribution < -0.4 is 0 Å². The number of carboxylic acids is 1. The number of carbonyl (C=O) groups is 3. The molecule has 0 aliphatic rings. The van der Waals surface area contributed by atoms with Crippen molar-refractivity contribution >= 4 is 17.9 Å². The second kappa shape index (κ2) is 42.5. The van der Waals surface area contributed by atoms with Crippen LogP contribution in [0, 0.1) is 0 Å². The largest absolute Gasteiger partial charge is 0.477 e. The predicted molar refractivity (Wildman–Crippen MR) is 248 cm³/mol. The van der Waals surface area contributed by atoms with Crippen molar-refractivity contribution in [2.75, 3.05) is 41.0 Å². The summed E-state index contributed by atoms with van der Waals surface area (Å²) in [6.45, 7) is 4.74. The molecule has 346 valence electrons. The highest BCUT2D eigenvalue weighted by molar-refractivity contribution is 5.72. The lowest BCUT2D eigenvalue weighted by Crippen LogP contribution is -2.50. The topological polar surface area (TPSA) is 99.1 Å². The van der Waals surface area contributed by atoms with Gasteiger partial charge in [-0.15, -0.1) is 0 Å². The molecule has 0 saturated heterocycles. The van der Waals surface area contributed by atoms with E-state index in [1.165, 1.54) is 161 Å². The summed E-state index contributed by atoms with van der Waals surface area (Å²) in [6.07, 6.45) is 47.9. The van der Waals surface area contributed by atoms with Crippen molar-refractivity contribution in [3.05, 3.63) is 24.3 Å². The lowest BCUT2D eigenvalue weighted by Gasteiger charge is -2.31. The molecular formula is C51H96NO7+. The average molecular weight is 835 g/mol. The zero-order valence-electron chi connectivity index (χ0n) is 39.5. The molecule has 1 N–H and O–H groups in total. The van der Waals surface area contributed by atoms with Gasteiger partial charge in [0.25, 0.3) is 0 Å². The number of unbranched alkanes of at least 4 members (excludes halogenated alkanes) is 28. The first-order valence-electron chi connectivity index (χ1n) is 24.9. The number of allylic oxidation sites excluding steroid dienone is 4. The standard InChI is InChI=1S/C51H95NO7/c1-6-8-10-12-14-16-18-20-22-24-25-26-28-29-31-33-35-37-39-41-49(53)58-46-47(45-57-44-43-48(51(55)56)52(3,4)5)59-50(54)42-40-38-36-34-32-30-27-23-21-19-17-15-13-11-9-7-2/h14,16,18,20,47-48H,6-13,15,17,19,21-46H2,1-5H3/p+1/b16-14+,20-18+. The van der Waals surface area contributed by atoms with E-state index in [9.17, 15) is 19.5 Å². The smallest absolute Gasteiger partial charge is 0.362 e. The van der Waals surface area contributed by atoms with Gasteiger partial charge in [-0.3, -0.25) is 9.59 Å². The van der Waals surface area contributed by atoms with Crippen molar-refractivity contribution in [2.45, 2.75) is 244 Å². The third-order valence-corrected chi connectivity index (χ3v) is 11.4. The van der Waals surface area contributed by atoms with E-state index in [0.29, 0.717) is 19.3 Å². The Hall–Kier alpha value is -2.19. The van der Waals surface area contributed by atoms with Crippen molar-refractivity contribution in [3.63, 3.8) is 0 Å². The monoisotopic (exact) mass is 835 g/mol. The van der Waals surface area contributed by atoms with Crippen LogP contribution in [-0.4, -0.2) is 80.6 Å². The van der Waals surface area contributed by atoms with Crippen LogP contribution in [0.1, 0.15) is 232 Å². The first-order valence-corrected chi connectivity index (χ1v) is 24.9. The number of quaternary nitrogens is 1. The quantitative estimate of drug-likeness (QED) is 0.0282. The Bertz CT molecular complexity index is 1020. The molecule has 0 amide bonds. The molecule has 0 bridgehead atoms. The molecule has 0 aliphatic carbocycles. The summed E-state index contributed by atoms with van der Waals surface area (Å²) < 4.78 is 17.3. The summed E-state index contributed by atoms with van der Waals surface area (Å²) in [6, 6.07) is -0.612. The second-order valence-electron chi connectivity index (χ2n) is 18.1. The number of nitrogens with zero attached hydrogens (tertiary/aromatic N) is 1. The first kappa shape index (κ1) is 56.8. The summed E-state index contributed by atoms with van der Waals surface area (Å²) in [7, 11) is 5.54. The summed E-state index contributed by atoms with van der Waals surface area (Å²) >= 11 is 0. The Morgan fingerprint density at radius 2 is 0.881 bits per heavy atom. The van der Waals surface area contributed by atoms with E-state index >= 15 is 0 Å². The lowest BCUT2D eigenvalue weighted by atomic mass is 10.0. The number of esters is 2. The van der Waals surface area contributed by atoms with E-state index in [1.54, 1.807) is 0 Å². The van der Waals surface area contributed by atoms with Gasteiger partial charge >= 0.3 is 17.9 Å². The van der Waals surface area contributed by atoms with Gasteiger partial charge in [-0.1, -0.05) is 199 Å². The molecule has 0 saturated carbocycles. The molecule has 8 nitrogen and oxygen atoms in total. The minimum absolute atomic E-state index is 0.0479. The highest BCUT2D eigenvalue weighted by atomic mass is 16.6. The maximum atomic E-state index is 12.8. The maximum Gasteiger partial charge on any atom is 0.362 e. The van der Waals surface area contributed by atoms with Crippen LogP contribution in [0.2, 0.25) is 0 Å². The van der Waals surface area contributed by atoms with Gasteiger partial charge < -0.3 is 23.8 Å². The zero-order chi connectivity index (χ0) is 43.5. The van der Waals surface area contributed by atoms with Gasteiger partial charge in [0, 0.05) is 19.3 Å². The van der Waals surface area contributed by atoms with Gasteiger partial charge in [-0.2, -0.15) is 0 Å². The number of likely N-dealkylation sites (N-methyl/N-ethyl adjacent to an activating group) is 1. The summed E-state index contributed by atoms with van der Waals surface area (Å²) in [5.41, 5.74) is 0. The van der Waals surface area contributed by atoms with Gasteiger partial charge in [0.1, 0.15) is 6.61 Å². The van der Waals surface area contributed by atoms with Gasteiger partial charge in [-0.25, -0.2) is 4.79 Å². The van der Waals surface area contributed by atoms with Gasteiger partial charge in [0.05, 0.1) is 34.4 Å². The van der Waals surface area contributed by atoms with Crippen LogP contribution in [0.5, 0.6) is 0 Å². The van der Waals surface area contributed by atoms with E-state index in [2.05, 4.69) is 38.2 Å². The molecule has 0 aromatic carbocycles. The number of carbonyl (C=O) groups excluding carboxylic acids is 2. The number of hydrogen-bond acceptors (Lipinski definition) is 6. The molecule has 0 heterocycles. The van der Waals surface area contributed by atoms with Crippen LogP contribution in [0.3, 0.4) is 0 Å². The summed E-state index contributed by atoms with van der Waals surface area (Å²) in [5, 5.41) is 9.64. The summed E-state index contributed by atoms with van der Waals surface area (Å²) in [4.78, 5) is 37.1. The van der Waals surface area contributed by atoms with Gasteiger partial charge in [0.2, 0.25) is 0 Å². The summed E-state index contributed by atoms with van der Waals surface area (Å²) in [5.74, 6) is -1.45. The number of ether oxygens (including phenoxy) is 3. The van der Waals surface area contributed by atoms with Crippen molar-refractivity contribution in [1.82, 2.24) is 0 Å². The Labute approximate surface area is 364 Å². The Kier molecular flexibility index (Phi) is 40.9. The zero-order valence-corrected chi connectivity index (χ0v) is 39.5. The maximum absolute atomic E-state index is 12.8. The molecule has 0 fully saturated rings. The minimum atomic E-state index is -0.872. The molecule has 0 radical (unpaired) electrons. The Morgan fingerprint density at radius 3 is 1.31 bits per heavy atom. The first-order chi connectivity index (χ1) is 28.6. The average Bonchev–Trinajstić information content (AvgIpc) is 3.19. The molecule has 0 aromatic heterocycles. The van der Waals surface area contributed by atoms with Crippen LogP contribution in [0.15, 0.2) is 24.3 Å². The number of aliphatic carboxylic acids is 1. The highest BCUT2D eigenvalue weighted by Gasteiger charge is 2.31. The van der Waals surface area contributed by atoms with Crippen LogP contribution >= 0.6 is 0 Å². The molecule has 0 rings (SSSR count). The fraction of sp³-hybridized carbons (Fsp3) is 0.863. The van der Waals surface area contributed by atoms with E-state index in [-0.39, 0.29) is 36.2 Å². The van der Waals surface area contributed by atoms with Gasteiger partial charge in [0.15, 0.2) is 12.1 Å². The minimum Gasteiger partial charge on any atom is -0.477 e. The molecule has 59 heavy (non-hydrogen) atoms.